The molecule has 138 valence electrons. The second-order valence-electron chi connectivity index (χ2n) is 7.24. The zero-order chi connectivity index (χ0) is 18.1. The van der Waals surface area contributed by atoms with Crippen molar-refractivity contribution >= 4 is 27.1 Å². The smallest absolute Gasteiger partial charge is 0.253 e. The van der Waals surface area contributed by atoms with Crippen molar-refractivity contribution in [3.63, 3.8) is 0 Å². The summed E-state index contributed by atoms with van der Waals surface area (Å²) in [5.74, 6) is -0.0715. The summed E-state index contributed by atoms with van der Waals surface area (Å²) in [4.78, 5) is 15.4. The van der Waals surface area contributed by atoms with Crippen LogP contribution in [-0.2, 0) is 9.84 Å². The molecule has 26 heavy (non-hydrogen) atoms. The molecule has 4 rings (SSSR count). The summed E-state index contributed by atoms with van der Waals surface area (Å²) in [6.07, 6.45) is 4.74. The van der Waals surface area contributed by atoms with Gasteiger partial charge in [-0.25, -0.2) is 8.42 Å². The Bertz CT molecular complexity index is 860. The molecule has 6 heteroatoms. The van der Waals surface area contributed by atoms with Crippen molar-refractivity contribution < 1.29 is 13.2 Å². The van der Waals surface area contributed by atoms with E-state index in [2.05, 4.69) is 6.07 Å². The number of thiophene rings is 1. The summed E-state index contributed by atoms with van der Waals surface area (Å²) < 4.78 is 25.4. The topological polar surface area (TPSA) is 54.5 Å². The molecule has 1 aromatic heterocycles. The van der Waals surface area contributed by atoms with Gasteiger partial charge in [0.15, 0.2) is 9.84 Å². The second-order valence-corrected chi connectivity index (χ2v) is 10.7. The lowest BCUT2D eigenvalue weighted by atomic mass is 10.0. The first-order valence-corrected chi connectivity index (χ1v) is 11.7. The van der Waals surface area contributed by atoms with E-state index in [1.54, 1.807) is 16.2 Å². The number of hydrogen-bond acceptors (Lipinski definition) is 4. The number of hydrogen-bond donors (Lipinski definition) is 0. The minimum atomic E-state index is -3.10. The molecule has 1 amide bonds. The monoisotopic (exact) mass is 389 g/mol. The van der Waals surface area contributed by atoms with Crippen LogP contribution in [0.3, 0.4) is 0 Å². The maximum absolute atomic E-state index is 12.7. The van der Waals surface area contributed by atoms with E-state index in [0.717, 1.165) is 37.7 Å². The average molecular weight is 390 g/mol. The molecule has 2 aliphatic rings. The molecule has 0 bridgehead atoms. The van der Waals surface area contributed by atoms with Crippen LogP contribution in [0.2, 0.25) is 0 Å². The normalized spacial score (nSPS) is 19.3. The molecule has 0 radical (unpaired) electrons. The van der Waals surface area contributed by atoms with Gasteiger partial charge in [0.1, 0.15) is 0 Å². The van der Waals surface area contributed by atoms with Gasteiger partial charge >= 0.3 is 0 Å². The molecule has 1 saturated carbocycles. The highest BCUT2D eigenvalue weighted by molar-refractivity contribution is 7.92. The highest BCUT2D eigenvalue weighted by Crippen LogP contribution is 2.31. The summed E-state index contributed by atoms with van der Waals surface area (Å²) in [6.45, 7) is 0.675. The van der Waals surface area contributed by atoms with E-state index in [0.29, 0.717) is 18.7 Å². The highest BCUT2D eigenvalue weighted by atomic mass is 32.2. The molecule has 0 N–H and O–H groups in total. The van der Waals surface area contributed by atoms with Crippen LogP contribution in [0.1, 0.15) is 42.5 Å². The third-order valence-corrected chi connectivity index (χ3v) is 9.10. The van der Waals surface area contributed by atoms with Gasteiger partial charge in [-0.1, -0.05) is 37.5 Å². The standard InChI is InChI=1S/C20H23NO3S2/c22-20(16-10-8-15(9-11-16)19-7-4-12-25-19)21-13-18(14-21)26(23,24)17-5-2-1-3-6-17/h4,7-12,17-18H,1-3,5-6,13-14H2. The largest absolute Gasteiger partial charge is 0.336 e. The Hall–Kier alpha value is -1.66. The van der Waals surface area contributed by atoms with Crippen molar-refractivity contribution in [2.75, 3.05) is 13.1 Å². The Labute approximate surface area is 158 Å². The first-order valence-electron chi connectivity index (χ1n) is 9.21. The highest BCUT2D eigenvalue weighted by Gasteiger charge is 2.43. The Morgan fingerprint density at radius 2 is 1.65 bits per heavy atom. The van der Waals surface area contributed by atoms with Crippen molar-refractivity contribution in [2.24, 2.45) is 0 Å². The van der Waals surface area contributed by atoms with Crippen molar-refractivity contribution in [1.29, 1.82) is 0 Å². The van der Waals surface area contributed by atoms with Gasteiger partial charge in [0, 0.05) is 23.5 Å². The number of likely N-dealkylation sites (tertiary alicyclic amines) is 1. The molecule has 1 aromatic carbocycles. The first-order chi connectivity index (χ1) is 12.6. The van der Waals surface area contributed by atoms with E-state index in [9.17, 15) is 13.2 Å². The van der Waals surface area contributed by atoms with Gasteiger partial charge in [-0.2, -0.15) is 0 Å². The Kier molecular flexibility index (Phi) is 4.88. The van der Waals surface area contributed by atoms with Crippen LogP contribution in [0.5, 0.6) is 0 Å². The van der Waals surface area contributed by atoms with E-state index >= 15 is 0 Å². The SMILES string of the molecule is O=C(c1ccc(-c2cccs2)cc1)N1CC(S(=O)(=O)C2CCCCC2)C1. The van der Waals surface area contributed by atoms with Crippen LogP contribution < -0.4 is 0 Å². The third kappa shape index (κ3) is 3.32. The lowest BCUT2D eigenvalue weighted by molar-refractivity contribution is 0.0658. The predicted molar refractivity (Wildman–Crippen MR) is 105 cm³/mol. The maximum Gasteiger partial charge on any atom is 0.253 e. The fourth-order valence-electron chi connectivity index (χ4n) is 3.88. The predicted octanol–water partition coefficient (Wildman–Crippen LogP) is 3.99. The van der Waals surface area contributed by atoms with E-state index in [4.69, 9.17) is 0 Å². The Morgan fingerprint density at radius 1 is 0.962 bits per heavy atom. The molecule has 1 saturated heterocycles. The van der Waals surface area contributed by atoms with Crippen molar-refractivity contribution in [2.45, 2.75) is 42.6 Å². The van der Waals surface area contributed by atoms with E-state index in [-0.39, 0.29) is 16.4 Å². The van der Waals surface area contributed by atoms with Gasteiger partial charge in [-0.3, -0.25) is 4.79 Å². The summed E-state index contributed by atoms with van der Waals surface area (Å²) >= 11 is 1.67. The summed E-state index contributed by atoms with van der Waals surface area (Å²) in [6, 6.07) is 11.6. The molecular formula is C20H23NO3S2. The molecule has 4 nitrogen and oxygen atoms in total. The van der Waals surface area contributed by atoms with Crippen LogP contribution >= 0.6 is 11.3 Å². The molecule has 2 heterocycles. The zero-order valence-corrected chi connectivity index (χ0v) is 16.3. The molecule has 0 unspecified atom stereocenters. The van der Waals surface area contributed by atoms with Crippen LogP contribution in [0, 0.1) is 0 Å². The van der Waals surface area contributed by atoms with Crippen LogP contribution in [0.4, 0.5) is 0 Å². The van der Waals surface area contributed by atoms with Crippen LogP contribution in [0.25, 0.3) is 10.4 Å². The lowest BCUT2D eigenvalue weighted by Crippen LogP contribution is -2.58. The number of sulfone groups is 1. The number of amides is 1. The number of nitrogens with zero attached hydrogens (tertiary/aromatic N) is 1. The minimum absolute atomic E-state index is 0.0715. The van der Waals surface area contributed by atoms with Crippen LogP contribution in [-0.4, -0.2) is 42.8 Å². The quantitative estimate of drug-likeness (QED) is 0.795. The summed E-state index contributed by atoms with van der Waals surface area (Å²) in [7, 11) is -3.10. The Balaban J connectivity index is 1.38. The maximum atomic E-state index is 12.7. The van der Waals surface area contributed by atoms with Gasteiger partial charge < -0.3 is 4.90 Å². The number of carbonyl (C=O) groups is 1. The average Bonchev–Trinajstić information content (AvgIpc) is 3.16. The van der Waals surface area contributed by atoms with Crippen LogP contribution in [0.15, 0.2) is 41.8 Å². The molecular weight excluding hydrogens is 366 g/mol. The zero-order valence-electron chi connectivity index (χ0n) is 14.6. The number of carbonyl (C=O) groups excluding carboxylic acids is 1. The molecule has 2 fully saturated rings. The third-order valence-electron chi connectivity index (χ3n) is 5.55. The van der Waals surface area contributed by atoms with E-state index in [1.807, 2.05) is 35.7 Å². The molecule has 1 aliphatic heterocycles. The van der Waals surface area contributed by atoms with Crippen molar-refractivity contribution in [1.82, 2.24) is 4.90 Å². The second kappa shape index (κ2) is 7.16. The molecule has 2 aromatic rings. The molecule has 0 atom stereocenters. The minimum Gasteiger partial charge on any atom is -0.336 e. The first kappa shape index (κ1) is 17.7. The van der Waals surface area contributed by atoms with Gasteiger partial charge in [-0.15, -0.1) is 11.3 Å². The van der Waals surface area contributed by atoms with Gasteiger partial charge in [0.25, 0.3) is 5.91 Å². The van der Waals surface area contributed by atoms with Crippen molar-refractivity contribution in [3.8, 4) is 10.4 Å². The van der Waals surface area contributed by atoms with E-state index in [1.165, 1.54) is 4.88 Å². The fourth-order valence-corrected chi connectivity index (χ4v) is 6.92. The number of rotatable bonds is 4. The van der Waals surface area contributed by atoms with Crippen molar-refractivity contribution in [3.05, 3.63) is 47.3 Å². The van der Waals surface area contributed by atoms with Gasteiger partial charge in [-0.05, 0) is 42.0 Å². The van der Waals surface area contributed by atoms with Gasteiger partial charge in [0.2, 0.25) is 0 Å². The lowest BCUT2D eigenvalue weighted by Gasteiger charge is -2.40. The Morgan fingerprint density at radius 3 is 2.27 bits per heavy atom. The fraction of sp³-hybridized carbons (Fsp3) is 0.450. The molecule has 1 aliphatic carbocycles. The van der Waals surface area contributed by atoms with E-state index < -0.39 is 9.84 Å². The summed E-state index contributed by atoms with van der Waals surface area (Å²) in [5, 5.41) is 1.46. The summed E-state index contributed by atoms with van der Waals surface area (Å²) in [5.41, 5.74) is 1.72. The van der Waals surface area contributed by atoms with Gasteiger partial charge in [0.05, 0.1) is 10.5 Å². The number of benzene rings is 1. The molecule has 0 spiro atoms.